The average molecular weight is 328 g/mol. The van der Waals surface area contributed by atoms with E-state index in [1.807, 2.05) is 18.2 Å². The number of hydrogen-bond acceptors (Lipinski definition) is 2. The van der Waals surface area contributed by atoms with E-state index in [9.17, 15) is 4.79 Å². The predicted molar refractivity (Wildman–Crippen MR) is 99.6 cm³/mol. The normalized spacial score (nSPS) is 13.8. The van der Waals surface area contributed by atoms with Gasteiger partial charge in [0.05, 0.1) is 0 Å². The lowest BCUT2D eigenvalue weighted by Gasteiger charge is -2.27. The summed E-state index contributed by atoms with van der Waals surface area (Å²) in [5.41, 5.74) is 4.98. The van der Waals surface area contributed by atoms with Gasteiger partial charge in [0.1, 0.15) is 5.75 Å². The van der Waals surface area contributed by atoms with Crippen molar-refractivity contribution in [2.45, 2.75) is 25.2 Å². The maximum absolute atomic E-state index is 12.3. The van der Waals surface area contributed by atoms with Crippen molar-refractivity contribution in [3.8, 4) is 16.9 Å². The number of esters is 1. The quantitative estimate of drug-likeness (QED) is 0.476. The number of carbonyl (C=O) groups excluding carboxylic acids is 1. The minimum Gasteiger partial charge on any atom is -0.427 e. The highest BCUT2D eigenvalue weighted by molar-refractivity contribution is 5.81. The Bertz CT molecular complexity index is 867. The number of benzene rings is 3. The van der Waals surface area contributed by atoms with Crippen LogP contribution in [0.15, 0.2) is 78.9 Å². The maximum atomic E-state index is 12.3. The molecule has 124 valence electrons. The minimum atomic E-state index is -0.186. The van der Waals surface area contributed by atoms with Crippen LogP contribution in [0.5, 0.6) is 5.75 Å². The van der Waals surface area contributed by atoms with Gasteiger partial charge in [-0.1, -0.05) is 73.7 Å². The van der Waals surface area contributed by atoms with Gasteiger partial charge in [-0.05, 0) is 40.8 Å². The van der Waals surface area contributed by atoms with E-state index in [0.717, 1.165) is 6.42 Å². The molecule has 0 spiro atoms. The number of hydrogen-bond donors (Lipinski definition) is 0. The van der Waals surface area contributed by atoms with Gasteiger partial charge in [0.2, 0.25) is 0 Å². The number of para-hydroxylation sites is 1. The van der Waals surface area contributed by atoms with Gasteiger partial charge in [-0.15, -0.1) is 0 Å². The topological polar surface area (TPSA) is 26.3 Å². The highest BCUT2D eigenvalue weighted by atomic mass is 16.5. The second-order valence-electron chi connectivity index (χ2n) is 6.71. The molecule has 2 nitrogen and oxygen atoms in total. The zero-order valence-corrected chi connectivity index (χ0v) is 14.2. The van der Waals surface area contributed by atoms with E-state index in [2.05, 4.69) is 55.5 Å². The summed E-state index contributed by atoms with van der Waals surface area (Å²) in [5.74, 6) is 0.416. The molecule has 0 saturated carbocycles. The second kappa shape index (κ2) is 6.21. The lowest BCUT2D eigenvalue weighted by atomic mass is 9.76. The molecule has 0 N–H and O–H groups in total. The fourth-order valence-corrected chi connectivity index (χ4v) is 3.84. The summed E-state index contributed by atoms with van der Waals surface area (Å²) in [6, 6.07) is 26.2. The maximum Gasteiger partial charge on any atom is 0.311 e. The van der Waals surface area contributed by atoms with Crippen LogP contribution >= 0.6 is 0 Å². The predicted octanol–water partition coefficient (Wildman–Crippen LogP) is 5.36. The Kier molecular flexibility index (Phi) is 3.89. The highest BCUT2D eigenvalue weighted by Crippen LogP contribution is 2.50. The van der Waals surface area contributed by atoms with Crippen LogP contribution in [0.25, 0.3) is 11.1 Å². The average Bonchev–Trinajstić information content (AvgIpc) is 2.91. The van der Waals surface area contributed by atoms with Crippen LogP contribution in [-0.2, 0) is 10.2 Å². The monoisotopic (exact) mass is 328 g/mol. The van der Waals surface area contributed by atoms with Crippen LogP contribution in [-0.4, -0.2) is 5.97 Å². The Balaban J connectivity index is 1.58. The number of carbonyl (C=O) groups is 1. The summed E-state index contributed by atoms with van der Waals surface area (Å²) >= 11 is 0. The molecule has 0 heterocycles. The fourth-order valence-electron chi connectivity index (χ4n) is 3.84. The Morgan fingerprint density at radius 3 is 1.92 bits per heavy atom. The van der Waals surface area contributed by atoms with E-state index < -0.39 is 0 Å². The van der Waals surface area contributed by atoms with Crippen molar-refractivity contribution in [2.24, 2.45) is 0 Å². The third kappa shape index (κ3) is 2.74. The fraction of sp³-hybridized carbons (Fsp3) is 0.174. The van der Waals surface area contributed by atoms with E-state index in [0.29, 0.717) is 12.2 Å². The van der Waals surface area contributed by atoms with Crippen molar-refractivity contribution in [2.75, 3.05) is 0 Å². The number of rotatable bonds is 4. The highest BCUT2D eigenvalue weighted by Gasteiger charge is 2.38. The third-order valence-electron chi connectivity index (χ3n) is 5.14. The van der Waals surface area contributed by atoms with Gasteiger partial charge in [0.15, 0.2) is 0 Å². The van der Waals surface area contributed by atoms with Gasteiger partial charge >= 0.3 is 5.97 Å². The molecule has 0 amide bonds. The summed E-state index contributed by atoms with van der Waals surface area (Å²) in [6.45, 7) is 2.23. The SMILES string of the molecule is CC1(CCC(=O)Oc2ccccc2)c2ccccc2-c2ccccc21. The summed E-state index contributed by atoms with van der Waals surface area (Å²) in [4.78, 5) is 12.3. The largest absolute Gasteiger partial charge is 0.427 e. The summed E-state index contributed by atoms with van der Waals surface area (Å²) < 4.78 is 5.46. The van der Waals surface area contributed by atoms with Gasteiger partial charge in [0.25, 0.3) is 0 Å². The molecule has 0 atom stereocenters. The van der Waals surface area contributed by atoms with Crippen molar-refractivity contribution < 1.29 is 9.53 Å². The Labute approximate surface area is 148 Å². The van der Waals surface area contributed by atoms with Crippen LogP contribution in [0.2, 0.25) is 0 Å². The molecule has 3 aromatic carbocycles. The van der Waals surface area contributed by atoms with Gasteiger partial charge in [-0.3, -0.25) is 4.79 Å². The van der Waals surface area contributed by atoms with E-state index in [4.69, 9.17) is 4.74 Å². The van der Waals surface area contributed by atoms with Crippen molar-refractivity contribution in [3.05, 3.63) is 90.0 Å². The molecule has 2 heteroatoms. The van der Waals surface area contributed by atoms with Gasteiger partial charge < -0.3 is 4.74 Å². The molecule has 0 saturated heterocycles. The lowest BCUT2D eigenvalue weighted by molar-refractivity contribution is -0.134. The molecule has 1 aliphatic carbocycles. The molecule has 0 bridgehead atoms. The summed E-state index contributed by atoms with van der Waals surface area (Å²) in [7, 11) is 0. The first kappa shape index (κ1) is 15.6. The molecule has 0 aromatic heterocycles. The van der Waals surface area contributed by atoms with E-state index in [1.165, 1.54) is 22.3 Å². The van der Waals surface area contributed by atoms with Gasteiger partial charge in [-0.2, -0.15) is 0 Å². The zero-order chi connectivity index (χ0) is 17.3. The Morgan fingerprint density at radius 2 is 1.32 bits per heavy atom. The molecule has 0 aliphatic heterocycles. The molecular weight excluding hydrogens is 308 g/mol. The standard InChI is InChI=1S/C23H20O2/c1-23(16-15-22(24)25-17-9-3-2-4-10-17)20-13-7-5-11-18(20)19-12-6-8-14-21(19)23/h2-14H,15-16H2,1H3. The van der Waals surface area contributed by atoms with E-state index >= 15 is 0 Å². The van der Waals surface area contributed by atoms with Crippen molar-refractivity contribution in [1.82, 2.24) is 0 Å². The van der Waals surface area contributed by atoms with Gasteiger partial charge in [0, 0.05) is 11.8 Å². The minimum absolute atomic E-state index is 0.164. The first-order chi connectivity index (χ1) is 12.2. The molecule has 3 aromatic rings. The second-order valence-corrected chi connectivity index (χ2v) is 6.71. The summed E-state index contributed by atoms with van der Waals surface area (Å²) in [5, 5.41) is 0. The van der Waals surface area contributed by atoms with Crippen LogP contribution in [0.3, 0.4) is 0 Å². The number of ether oxygens (including phenoxy) is 1. The van der Waals surface area contributed by atoms with Crippen molar-refractivity contribution in [1.29, 1.82) is 0 Å². The Hall–Kier alpha value is -2.87. The molecule has 0 radical (unpaired) electrons. The van der Waals surface area contributed by atoms with Crippen LogP contribution in [0.1, 0.15) is 30.9 Å². The van der Waals surface area contributed by atoms with Crippen LogP contribution in [0.4, 0.5) is 0 Å². The number of fused-ring (bicyclic) bond motifs is 3. The van der Waals surface area contributed by atoms with E-state index in [-0.39, 0.29) is 11.4 Å². The molecule has 25 heavy (non-hydrogen) atoms. The van der Waals surface area contributed by atoms with E-state index in [1.54, 1.807) is 12.1 Å². The molecule has 0 unspecified atom stereocenters. The van der Waals surface area contributed by atoms with Crippen LogP contribution in [0, 0.1) is 0 Å². The first-order valence-electron chi connectivity index (χ1n) is 8.63. The third-order valence-corrected chi connectivity index (χ3v) is 5.14. The Morgan fingerprint density at radius 1 is 0.800 bits per heavy atom. The lowest BCUT2D eigenvalue weighted by Crippen LogP contribution is -2.23. The smallest absolute Gasteiger partial charge is 0.311 e. The van der Waals surface area contributed by atoms with Crippen LogP contribution < -0.4 is 4.74 Å². The zero-order valence-electron chi connectivity index (χ0n) is 14.2. The molecule has 4 rings (SSSR count). The van der Waals surface area contributed by atoms with Crippen molar-refractivity contribution in [3.63, 3.8) is 0 Å². The van der Waals surface area contributed by atoms with Gasteiger partial charge in [-0.25, -0.2) is 0 Å². The van der Waals surface area contributed by atoms with Crippen molar-refractivity contribution >= 4 is 5.97 Å². The molecule has 0 fully saturated rings. The molecular formula is C23H20O2. The summed E-state index contributed by atoms with van der Waals surface area (Å²) in [6.07, 6.45) is 1.11. The molecule has 1 aliphatic rings. The first-order valence-corrected chi connectivity index (χ1v) is 8.63.